The number of fused-ring (bicyclic) bond motifs is 2. The van der Waals surface area contributed by atoms with Gasteiger partial charge in [0.2, 0.25) is 0 Å². The molecule has 0 spiro atoms. The van der Waals surface area contributed by atoms with Crippen molar-refractivity contribution in [3.05, 3.63) is 47.9 Å². The second-order valence-electron chi connectivity index (χ2n) is 12.8. The Hall–Kier alpha value is -3.26. The highest BCUT2D eigenvalue weighted by Gasteiger charge is 2.61. The number of hydrogen-bond acceptors (Lipinski definition) is 10. The van der Waals surface area contributed by atoms with Crippen molar-refractivity contribution in [1.82, 2.24) is 24.6 Å². The number of rotatable bonds is 6. The first-order chi connectivity index (χ1) is 21.0. The zero-order chi connectivity index (χ0) is 31.2. The number of thioether (sulfide) groups is 1. The second-order valence-corrected chi connectivity index (χ2v) is 13.7. The van der Waals surface area contributed by atoms with E-state index >= 15 is 0 Å². The molecule has 2 amide bonds. The zero-order valence-electron chi connectivity index (χ0n) is 26.0. The van der Waals surface area contributed by atoms with Crippen molar-refractivity contribution < 1.29 is 28.5 Å². The first-order valence-electron chi connectivity index (χ1n) is 15.0. The van der Waals surface area contributed by atoms with Gasteiger partial charge in [0, 0.05) is 17.9 Å². The molecule has 0 bridgehead atoms. The quantitative estimate of drug-likeness (QED) is 0.385. The maximum atomic E-state index is 14.1. The molecule has 236 valence electrons. The fraction of sp³-hybridized carbons (Fsp3) is 0.581. The molecule has 3 aromatic rings. The van der Waals surface area contributed by atoms with Crippen LogP contribution in [0.4, 0.5) is 10.6 Å². The Kier molecular flexibility index (Phi) is 8.33. The third-order valence-electron chi connectivity index (χ3n) is 7.95. The van der Waals surface area contributed by atoms with Crippen LogP contribution < -0.4 is 5.32 Å². The molecule has 6 rings (SSSR count). The van der Waals surface area contributed by atoms with Gasteiger partial charge in [-0.2, -0.15) is 16.9 Å². The van der Waals surface area contributed by atoms with Gasteiger partial charge >= 0.3 is 6.09 Å². The minimum atomic E-state index is -0.865. The molecule has 5 atom stereocenters. The lowest BCUT2D eigenvalue weighted by molar-refractivity contribution is -0.166. The van der Waals surface area contributed by atoms with Crippen LogP contribution in [0.15, 0.2) is 36.7 Å². The van der Waals surface area contributed by atoms with Gasteiger partial charge in [0.15, 0.2) is 23.3 Å². The van der Waals surface area contributed by atoms with E-state index < -0.39 is 42.0 Å². The van der Waals surface area contributed by atoms with Gasteiger partial charge in [-0.1, -0.05) is 18.2 Å². The number of ether oxygens (including phenoxy) is 4. The predicted octanol–water partition coefficient (Wildman–Crippen LogP) is 5.32. The van der Waals surface area contributed by atoms with E-state index in [1.54, 1.807) is 40.9 Å². The molecule has 1 aromatic carbocycles. The Morgan fingerprint density at radius 2 is 1.84 bits per heavy atom. The van der Waals surface area contributed by atoms with Gasteiger partial charge in [-0.25, -0.2) is 19.4 Å². The lowest BCUT2D eigenvalue weighted by atomic mass is 10.0. The Morgan fingerprint density at radius 1 is 1.09 bits per heavy atom. The average molecular weight is 625 g/mol. The Balaban J connectivity index is 1.52. The highest BCUT2D eigenvalue weighted by Crippen LogP contribution is 2.50. The third-order valence-corrected chi connectivity index (χ3v) is 8.62. The second kappa shape index (κ2) is 11.9. The minimum Gasteiger partial charge on any atom is -0.444 e. The number of aromatic nitrogens is 4. The van der Waals surface area contributed by atoms with Crippen molar-refractivity contribution >= 4 is 40.6 Å². The first kappa shape index (κ1) is 30.8. The standard InChI is InChI=1S/C31H40N6O6S/c1-30(2,3)43-29(39)36-19(16-44-6)25-26(42-31(4,5)41-25)24(36)23-21-22(35-37(23)20-14-10-11-15-40-20)27(33-17-32-21)34-28(38)18-12-8-7-9-13-18/h7-9,12-13,17,19-20,24-26H,10-11,14-16H2,1-6H3,(H,32,33,34,38)/t19-,20?,24+,25+,26?/m1/s1. The molecular weight excluding hydrogens is 584 g/mol. The Labute approximate surface area is 261 Å². The molecule has 3 aliphatic rings. The number of likely N-dealkylation sites (tertiary alicyclic amines) is 1. The van der Waals surface area contributed by atoms with Gasteiger partial charge < -0.3 is 24.3 Å². The molecule has 0 saturated carbocycles. The van der Waals surface area contributed by atoms with E-state index in [1.165, 1.54) is 6.33 Å². The van der Waals surface area contributed by atoms with Gasteiger partial charge in [-0.3, -0.25) is 9.69 Å². The summed E-state index contributed by atoms with van der Waals surface area (Å²) in [6.07, 6.45) is 4.21. The van der Waals surface area contributed by atoms with Crippen LogP contribution >= 0.6 is 11.8 Å². The van der Waals surface area contributed by atoms with E-state index in [1.807, 2.05) is 51.6 Å². The number of benzene rings is 1. The summed E-state index contributed by atoms with van der Waals surface area (Å²) in [5, 5.41) is 7.91. The molecule has 2 unspecified atom stereocenters. The summed E-state index contributed by atoms with van der Waals surface area (Å²) in [6.45, 7) is 9.89. The van der Waals surface area contributed by atoms with E-state index in [2.05, 4.69) is 10.3 Å². The number of nitrogens with one attached hydrogen (secondary N) is 1. The number of nitrogens with zero attached hydrogens (tertiary/aromatic N) is 5. The van der Waals surface area contributed by atoms with Crippen molar-refractivity contribution in [2.75, 3.05) is 23.9 Å². The van der Waals surface area contributed by atoms with E-state index in [-0.39, 0.29) is 17.8 Å². The molecule has 13 heteroatoms. The number of carbonyl (C=O) groups is 2. The van der Waals surface area contributed by atoms with Crippen molar-refractivity contribution in [2.24, 2.45) is 0 Å². The summed E-state index contributed by atoms with van der Waals surface area (Å²) in [5.74, 6) is -0.310. The average Bonchev–Trinajstić information content (AvgIpc) is 3.60. The van der Waals surface area contributed by atoms with Crippen LogP contribution in [0, 0.1) is 0 Å². The Bertz CT molecular complexity index is 1520. The summed E-state index contributed by atoms with van der Waals surface area (Å²) < 4.78 is 27.1. The molecule has 3 aliphatic heterocycles. The zero-order valence-corrected chi connectivity index (χ0v) is 26.8. The van der Waals surface area contributed by atoms with Crippen LogP contribution in [-0.4, -0.2) is 84.9 Å². The fourth-order valence-electron chi connectivity index (χ4n) is 6.28. The maximum absolute atomic E-state index is 14.1. The fourth-order valence-corrected chi connectivity index (χ4v) is 6.97. The molecule has 3 saturated heterocycles. The molecule has 1 N–H and O–H groups in total. The molecule has 3 fully saturated rings. The first-order valence-corrected chi connectivity index (χ1v) is 16.4. The minimum absolute atomic E-state index is 0.266. The number of hydrogen-bond donors (Lipinski definition) is 1. The van der Waals surface area contributed by atoms with E-state index in [0.717, 1.165) is 19.3 Å². The summed E-state index contributed by atoms with van der Waals surface area (Å²) >= 11 is 1.62. The molecular formula is C31H40N6O6S. The van der Waals surface area contributed by atoms with E-state index in [4.69, 9.17) is 29.0 Å². The van der Waals surface area contributed by atoms with Gasteiger partial charge in [0.25, 0.3) is 5.91 Å². The van der Waals surface area contributed by atoms with Crippen molar-refractivity contribution in [3.63, 3.8) is 0 Å². The highest BCUT2D eigenvalue weighted by molar-refractivity contribution is 7.98. The Morgan fingerprint density at radius 3 is 2.52 bits per heavy atom. The lowest BCUT2D eigenvalue weighted by Crippen LogP contribution is -2.47. The van der Waals surface area contributed by atoms with Crippen LogP contribution in [0.2, 0.25) is 0 Å². The highest BCUT2D eigenvalue weighted by atomic mass is 32.2. The number of carbonyl (C=O) groups excluding carboxylic acids is 2. The van der Waals surface area contributed by atoms with Gasteiger partial charge in [-0.05, 0) is 72.3 Å². The van der Waals surface area contributed by atoms with Crippen LogP contribution in [0.1, 0.15) is 82.2 Å². The normalized spacial score (nSPS) is 26.5. The maximum Gasteiger partial charge on any atom is 0.411 e. The van der Waals surface area contributed by atoms with Crippen LogP contribution in [0.3, 0.4) is 0 Å². The van der Waals surface area contributed by atoms with E-state index in [0.29, 0.717) is 34.7 Å². The number of anilines is 1. The predicted molar refractivity (Wildman–Crippen MR) is 165 cm³/mol. The molecule has 44 heavy (non-hydrogen) atoms. The molecule has 0 aliphatic carbocycles. The molecule has 5 heterocycles. The number of amides is 2. The monoisotopic (exact) mass is 624 g/mol. The van der Waals surface area contributed by atoms with Gasteiger partial charge in [-0.15, -0.1) is 0 Å². The van der Waals surface area contributed by atoms with Crippen molar-refractivity contribution in [2.45, 2.75) is 95.8 Å². The lowest BCUT2D eigenvalue weighted by Gasteiger charge is -2.36. The van der Waals surface area contributed by atoms with E-state index in [9.17, 15) is 9.59 Å². The van der Waals surface area contributed by atoms with Crippen LogP contribution in [-0.2, 0) is 18.9 Å². The molecule has 12 nitrogen and oxygen atoms in total. The largest absolute Gasteiger partial charge is 0.444 e. The topological polar surface area (TPSA) is 130 Å². The summed E-state index contributed by atoms with van der Waals surface area (Å²) in [4.78, 5) is 38.1. The summed E-state index contributed by atoms with van der Waals surface area (Å²) in [6, 6.07) is 7.90. The van der Waals surface area contributed by atoms with Gasteiger partial charge in [0.1, 0.15) is 35.7 Å². The van der Waals surface area contributed by atoms with Crippen molar-refractivity contribution in [3.8, 4) is 0 Å². The van der Waals surface area contributed by atoms with Gasteiger partial charge in [0.05, 0.1) is 11.7 Å². The molecule has 2 aromatic heterocycles. The molecule has 0 radical (unpaired) electrons. The summed E-state index contributed by atoms with van der Waals surface area (Å²) in [5.41, 5.74) is 1.29. The smallest absolute Gasteiger partial charge is 0.411 e. The van der Waals surface area contributed by atoms with Crippen molar-refractivity contribution in [1.29, 1.82) is 0 Å². The van der Waals surface area contributed by atoms with Crippen LogP contribution in [0.5, 0.6) is 0 Å². The summed E-state index contributed by atoms with van der Waals surface area (Å²) in [7, 11) is 0. The third kappa shape index (κ3) is 5.90. The van der Waals surface area contributed by atoms with Crippen LogP contribution in [0.25, 0.3) is 11.0 Å². The SMILES string of the molecule is CSC[C@@H]1[C@@H]2OC(C)(C)OC2[C@H](c2c3ncnc(NC(=O)c4ccccc4)c3nn2C2CCCCO2)N1C(=O)OC(C)(C)C.